The summed E-state index contributed by atoms with van der Waals surface area (Å²) in [6.45, 7) is 0.644. The third kappa shape index (κ3) is 1.66. The van der Waals surface area contributed by atoms with E-state index >= 15 is 0 Å². The van der Waals surface area contributed by atoms with Crippen LogP contribution in [0.1, 0.15) is 5.56 Å². The van der Waals surface area contributed by atoms with Crippen LogP contribution >= 0.6 is 11.6 Å². The summed E-state index contributed by atoms with van der Waals surface area (Å²) in [5.74, 6) is 0. The zero-order valence-corrected chi connectivity index (χ0v) is 7.70. The van der Waals surface area contributed by atoms with Gasteiger partial charge in [0.1, 0.15) is 6.73 Å². The van der Waals surface area contributed by atoms with Crippen molar-refractivity contribution in [3.63, 3.8) is 0 Å². The number of fused-ring (bicyclic) bond motifs is 1. The summed E-state index contributed by atoms with van der Waals surface area (Å²) in [6, 6.07) is 5.56. The summed E-state index contributed by atoms with van der Waals surface area (Å²) in [4.78, 5) is 5.88. The minimum absolute atomic E-state index is 0.0184. The van der Waals surface area contributed by atoms with Crippen LogP contribution in [0.5, 0.6) is 0 Å². The van der Waals surface area contributed by atoms with Crippen molar-refractivity contribution >= 4 is 23.6 Å². The Hall–Kier alpha value is -1.06. The molecule has 1 heterocycles. The van der Waals surface area contributed by atoms with Crippen molar-refractivity contribution in [1.82, 2.24) is 4.90 Å². The van der Waals surface area contributed by atoms with Crippen molar-refractivity contribution in [2.45, 2.75) is 6.54 Å². The Morgan fingerprint density at radius 2 is 2.38 bits per heavy atom. The summed E-state index contributed by atoms with van der Waals surface area (Å²) in [7, 11) is 0. The zero-order chi connectivity index (χ0) is 9.26. The Balaban J connectivity index is 2.36. The number of aliphatic imine (C=N–C) groups is 1. The second-order valence-corrected chi connectivity index (χ2v) is 3.34. The van der Waals surface area contributed by atoms with Gasteiger partial charge in [-0.15, -0.1) is 0 Å². The van der Waals surface area contributed by atoms with E-state index in [0.717, 1.165) is 11.3 Å². The molecule has 0 radical (unpaired) electrons. The highest BCUT2D eigenvalue weighted by Crippen LogP contribution is 2.26. The number of hydrogen-bond donors (Lipinski definition) is 1. The molecule has 4 heteroatoms. The number of benzene rings is 1. The minimum atomic E-state index is -0.0184. The van der Waals surface area contributed by atoms with E-state index in [1.165, 1.54) is 0 Å². The number of hydrogen-bond acceptors (Lipinski definition) is 3. The highest BCUT2D eigenvalue weighted by atomic mass is 35.5. The van der Waals surface area contributed by atoms with Crippen LogP contribution in [0.4, 0.5) is 5.69 Å². The van der Waals surface area contributed by atoms with Gasteiger partial charge in [-0.25, -0.2) is 4.99 Å². The van der Waals surface area contributed by atoms with Gasteiger partial charge in [-0.2, -0.15) is 0 Å². The predicted molar refractivity (Wildman–Crippen MR) is 52.2 cm³/mol. The van der Waals surface area contributed by atoms with Crippen LogP contribution in [-0.4, -0.2) is 23.1 Å². The van der Waals surface area contributed by atoms with Gasteiger partial charge in [-0.05, 0) is 23.8 Å². The third-order valence-electron chi connectivity index (χ3n) is 1.96. The molecule has 0 atom stereocenters. The molecule has 0 saturated heterocycles. The first-order valence-electron chi connectivity index (χ1n) is 3.97. The van der Waals surface area contributed by atoms with Gasteiger partial charge in [0, 0.05) is 11.6 Å². The Morgan fingerprint density at radius 3 is 3.15 bits per heavy atom. The average Bonchev–Trinajstić information content (AvgIpc) is 2.16. The molecule has 0 unspecified atom stereocenters. The molecule has 0 amide bonds. The second kappa shape index (κ2) is 3.36. The van der Waals surface area contributed by atoms with E-state index < -0.39 is 0 Å². The summed E-state index contributed by atoms with van der Waals surface area (Å²) < 4.78 is 0. The van der Waals surface area contributed by atoms with Crippen LogP contribution in [0.2, 0.25) is 5.02 Å². The van der Waals surface area contributed by atoms with E-state index in [1.807, 2.05) is 18.2 Å². The number of aliphatic hydroxyl groups is 1. The van der Waals surface area contributed by atoms with Crippen molar-refractivity contribution in [3.05, 3.63) is 28.8 Å². The van der Waals surface area contributed by atoms with Crippen LogP contribution in [-0.2, 0) is 6.54 Å². The Labute approximate surface area is 81.3 Å². The molecule has 1 aromatic carbocycles. The van der Waals surface area contributed by atoms with Gasteiger partial charge in [0.05, 0.1) is 12.0 Å². The van der Waals surface area contributed by atoms with Gasteiger partial charge >= 0.3 is 0 Å². The molecule has 13 heavy (non-hydrogen) atoms. The van der Waals surface area contributed by atoms with Crippen LogP contribution < -0.4 is 0 Å². The van der Waals surface area contributed by atoms with Crippen molar-refractivity contribution in [3.8, 4) is 0 Å². The lowest BCUT2D eigenvalue weighted by molar-refractivity contribution is 0.168. The fraction of sp³-hybridized carbons (Fsp3) is 0.222. The van der Waals surface area contributed by atoms with Crippen molar-refractivity contribution in [1.29, 1.82) is 0 Å². The predicted octanol–water partition coefficient (Wildman–Crippen LogP) is 1.77. The SMILES string of the molecule is OCN1C=Nc2ccc(Cl)cc2C1. The smallest absolute Gasteiger partial charge is 0.116 e. The average molecular weight is 197 g/mol. The van der Waals surface area contributed by atoms with E-state index in [2.05, 4.69) is 4.99 Å². The van der Waals surface area contributed by atoms with Crippen LogP contribution in [0, 0.1) is 0 Å². The topological polar surface area (TPSA) is 35.8 Å². The first-order valence-corrected chi connectivity index (χ1v) is 4.35. The number of aliphatic hydroxyl groups excluding tert-OH is 1. The fourth-order valence-electron chi connectivity index (χ4n) is 1.30. The Bertz CT molecular complexity index is 351. The quantitative estimate of drug-likeness (QED) is 0.743. The molecule has 0 aromatic heterocycles. The summed E-state index contributed by atoms with van der Waals surface area (Å²) in [5.41, 5.74) is 1.97. The molecule has 1 N–H and O–H groups in total. The molecule has 0 bridgehead atoms. The molecular weight excluding hydrogens is 188 g/mol. The van der Waals surface area contributed by atoms with Crippen molar-refractivity contribution in [2.75, 3.05) is 6.73 Å². The largest absolute Gasteiger partial charge is 0.376 e. The van der Waals surface area contributed by atoms with Crippen LogP contribution in [0.3, 0.4) is 0 Å². The maximum Gasteiger partial charge on any atom is 0.116 e. The number of nitrogens with zero attached hydrogens (tertiary/aromatic N) is 2. The molecular formula is C9H9ClN2O. The van der Waals surface area contributed by atoms with E-state index in [0.29, 0.717) is 11.6 Å². The molecule has 1 aliphatic heterocycles. The van der Waals surface area contributed by atoms with Crippen molar-refractivity contribution < 1.29 is 5.11 Å². The summed E-state index contributed by atoms with van der Waals surface area (Å²) >= 11 is 5.83. The van der Waals surface area contributed by atoms with E-state index in [4.69, 9.17) is 16.7 Å². The molecule has 0 saturated carbocycles. The van der Waals surface area contributed by atoms with Gasteiger partial charge < -0.3 is 10.0 Å². The lowest BCUT2D eigenvalue weighted by Crippen LogP contribution is -2.24. The molecule has 0 spiro atoms. The van der Waals surface area contributed by atoms with Gasteiger partial charge in [0.15, 0.2) is 0 Å². The zero-order valence-electron chi connectivity index (χ0n) is 6.94. The molecule has 2 rings (SSSR count). The van der Waals surface area contributed by atoms with E-state index in [-0.39, 0.29) is 6.73 Å². The Kier molecular flexibility index (Phi) is 2.20. The molecule has 3 nitrogen and oxygen atoms in total. The van der Waals surface area contributed by atoms with Gasteiger partial charge in [0.2, 0.25) is 0 Å². The van der Waals surface area contributed by atoms with Gasteiger partial charge in [-0.3, -0.25) is 0 Å². The maximum atomic E-state index is 8.89. The summed E-state index contributed by atoms with van der Waals surface area (Å²) in [6.07, 6.45) is 1.64. The van der Waals surface area contributed by atoms with Crippen molar-refractivity contribution in [2.24, 2.45) is 4.99 Å². The highest BCUT2D eigenvalue weighted by Gasteiger charge is 2.10. The normalized spacial score (nSPS) is 14.5. The Morgan fingerprint density at radius 1 is 1.54 bits per heavy atom. The standard InChI is InChI=1S/C9H9ClN2O/c10-8-1-2-9-7(3-8)4-12(6-13)5-11-9/h1-3,5,13H,4,6H2. The first kappa shape index (κ1) is 8.53. The molecule has 0 aliphatic carbocycles. The second-order valence-electron chi connectivity index (χ2n) is 2.91. The monoisotopic (exact) mass is 196 g/mol. The van der Waals surface area contributed by atoms with Gasteiger partial charge in [-0.1, -0.05) is 11.6 Å². The summed E-state index contributed by atoms with van der Waals surface area (Å²) in [5, 5.41) is 9.59. The van der Waals surface area contributed by atoms with E-state index in [1.54, 1.807) is 11.2 Å². The maximum absolute atomic E-state index is 8.89. The lowest BCUT2D eigenvalue weighted by Gasteiger charge is -2.21. The van der Waals surface area contributed by atoms with Gasteiger partial charge in [0.25, 0.3) is 0 Å². The minimum Gasteiger partial charge on any atom is -0.376 e. The molecule has 1 aliphatic rings. The van der Waals surface area contributed by atoms with Crippen LogP contribution in [0.25, 0.3) is 0 Å². The number of halogens is 1. The lowest BCUT2D eigenvalue weighted by atomic mass is 10.1. The molecule has 1 aromatic rings. The van der Waals surface area contributed by atoms with E-state index in [9.17, 15) is 0 Å². The highest BCUT2D eigenvalue weighted by molar-refractivity contribution is 6.30. The fourth-order valence-corrected chi connectivity index (χ4v) is 1.49. The van der Waals surface area contributed by atoms with Crippen LogP contribution in [0.15, 0.2) is 23.2 Å². The first-order chi connectivity index (χ1) is 6.29. The molecule has 68 valence electrons. The number of rotatable bonds is 1. The third-order valence-corrected chi connectivity index (χ3v) is 2.19. The molecule has 0 fully saturated rings.